The highest BCUT2D eigenvalue weighted by Crippen LogP contribution is 2.38. The van der Waals surface area contributed by atoms with Crippen molar-refractivity contribution in [3.05, 3.63) is 83.4 Å². The molecule has 0 saturated heterocycles. The van der Waals surface area contributed by atoms with E-state index in [0.717, 1.165) is 12.8 Å². The summed E-state index contributed by atoms with van der Waals surface area (Å²) in [4.78, 5) is 12.6. The summed E-state index contributed by atoms with van der Waals surface area (Å²) in [6, 6.07) is 18.6. The van der Waals surface area contributed by atoms with Crippen LogP contribution in [-0.2, 0) is 6.42 Å². The average Bonchev–Trinajstić information content (AvgIpc) is 2.66. The van der Waals surface area contributed by atoms with Gasteiger partial charge in [0.25, 0.3) is 0 Å². The summed E-state index contributed by atoms with van der Waals surface area (Å²) in [5.74, 6) is -0.285. The van der Waals surface area contributed by atoms with Crippen LogP contribution in [0.5, 0.6) is 23.0 Å². The molecule has 4 nitrogen and oxygen atoms in total. The molecule has 0 bridgehead atoms. The molecule has 0 aromatic heterocycles. The van der Waals surface area contributed by atoms with Crippen LogP contribution in [0.25, 0.3) is 0 Å². The number of rotatable bonds is 6. The van der Waals surface area contributed by atoms with E-state index >= 15 is 0 Å². The molecule has 0 aliphatic heterocycles. The van der Waals surface area contributed by atoms with Crippen molar-refractivity contribution in [1.29, 1.82) is 0 Å². The van der Waals surface area contributed by atoms with Crippen LogP contribution in [0.4, 0.5) is 0 Å². The lowest BCUT2D eigenvalue weighted by Gasteiger charge is -2.12. The Morgan fingerprint density at radius 1 is 0.962 bits per heavy atom. The smallest absolute Gasteiger partial charge is 0.197 e. The minimum atomic E-state index is -0.387. The topological polar surface area (TPSA) is 66.8 Å². The van der Waals surface area contributed by atoms with Gasteiger partial charge in [-0.2, -0.15) is 0 Å². The fourth-order valence-corrected chi connectivity index (χ4v) is 2.73. The summed E-state index contributed by atoms with van der Waals surface area (Å²) in [6.07, 6.45) is 2.03. The maximum Gasteiger partial charge on any atom is 0.197 e. The molecule has 0 aliphatic rings. The molecule has 0 saturated carbocycles. The molecule has 2 N–H and O–H groups in total. The van der Waals surface area contributed by atoms with Crippen LogP contribution in [0.1, 0.15) is 34.8 Å². The van der Waals surface area contributed by atoms with E-state index < -0.39 is 0 Å². The van der Waals surface area contributed by atoms with Crippen molar-refractivity contribution in [3.63, 3.8) is 0 Å². The van der Waals surface area contributed by atoms with Gasteiger partial charge >= 0.3 is 0 Å². The molecule has 0 heterocycles. The highest BCUT2D eigenvalue weighted by Gasteiger charge is 2.19. The molecule has 3 aromatic carbocycles. The Labute approximate surface area is 152 Å². The van der Waals surface area contributed by atoms with Crippen molar-refractivity contribution < 1.29 is 19.7 Å². The number of ether oxygens (including phenoxy) is 1. The Kier molecular flexibility index (Phi) is 5.23. The first-order valence-corrected chi connectivity index (χ1v) is 8.51. The predicted molar refractivity (Wildman–Crippen MR) is 100 cm³/mol. The molecule has 0 amide bonds. The molecule has 3 aromatic rings. The van der Waals surface area contributed by atoms with Crippen molar-refractivity contribution in [2.24, 2.45) is 0 Å². The molecule has 132 valence electrons. The van der Waals surface area contributed by atoms with Crippen molar-refractivity contribution in [2.45, 2.75) is 19.8 Å². The summed E-state index contributed by atoms with van der Waals surface area (Å²) in [5, 5.41) is 20.5. The van der Waals surface area contributed by atoms with E-state index in [0.29, 0.717) is 11.3 Å². The number of hydrogen-bond donors (Lipinski definition) is 2. The van der Waals surface area contributed by atoms with Gasteiger partial charge in [0.2, 0.25) is 0 Å². The molecule has 0 radical (unpaired) electrons. The van der Waals surface area contributed by atoms with E-state index in [2.05, 4.69) is 6.92 Å². The molecule has 0 aliphatic carbocycles. The summed E-state index contributed by atoms with van der Waals surface area (Å²) in [6.45, 7) is 2.11. The predicted octanol–water partition coefficient (Wildman–Crippen LogP) is 5.07. The molecule has 3 rings (SSSR count). The Morgan fingerprint density at radius 3 is 2.31 bits per heavy atom. The zero-order valence-corrected chi connectivity index (χ0v) is 14.5. The van der Waals surface area contributed by atoms with E-state index in [1.807, 2.05) is 12.1 Å². The van der Waals surface area contributed by atoms with Crippen LogP contribution in [0.3, 0.4) is 0 Å². The van der Waals surface area contributed by atoms with Gasteiger partial charge < -0.3 is 14.9 Å². The number of phenolic OH excluding ortho intramolecular Hbond substituents is 2. The first-order valence-electron chi connectivity index (χ1n) is 8.51. The Balaban J connectivity index is 1.91. The van der Waals surface area contributed by atoms with Gasteiger partial charge in [-0.25, -0.2) is 0 Å². The lowest BCUT2D eigenvalue weighted by Crippen LogP contribution is -2.02. The molecule has 0 unspecified atom stereocenters. The van der Waals surface area contributed by atoms with Crippen LogP contribution < -0.4 is 4.74 Å². The zero-order valence-electron chi connectivity index (χ0n) is 14.5. The van der Waals surface area contributed by atoms with Crippen LogP contribution in [-0.4, -0.2) is 16.0 Å². The molecule has 0 atom stereocenters. The first kappa shape index (κ1) is 17.5. The molecule has 4 heteroatoms. The molecule has 0 fully saturated rings. The molecule has 26 heavy (non-hydrogen) atoms. The largest absolute Gasteiger partial charge is 0.508 e. The van der Waals surface area contributed by atoms with Gasteiger partial charge in [0.15, 0.2) is 17.3 Å². The normalized spacial score (nSPS) is 10.5. The summed E-state index contributed by atoms with van der Waals surface area (Å²) < 4.78 is 5.69. The number of carbonyl (C=O) groups excluding carboxylic acids is 1. The maximum atomic E-state index is 12.6. The van der Waals surface area contributed by atoms with E-state index in [4.69, 9.17) is 4.74 Å². The standard InChI is InChI=1S/C22H20O4/c1-2-6-15-9-11-18(12-10-15)26-20-14-17(23)13-19(22(20)25)21(24)16-7-4-3-5-8-16/h3-5,7-14,23,25H,2,6H2,1H3. The minimum Gasteiger partial charge on any atom is -0.508 e. The van der Waals surface area contributed by atoms with Gasteiger partial charge in [-0.05, 0) is 30.2 Å². The van der Waals surface area contributed by atoms with Gasteiger partial charge in [-0.1, -0.05) is 55.8 Å². The van der Waals surface area contributed by atoms with Crippen LogP contribution in [0.2, 0.25) is 0 Å². The van der Waals surface area contributed by atoms with Gasteiger partial charge in [-0.3, -0.25) is 4.79 Å². The number of carbonyl (C=O) groups is 1. The minimum absolute atomic E-state index is 0.00574. The zero-order chi connectivity index (χ0) is 18.5. The lowest BCUT2D eigenvalue weighted by atomic mass is 10.0. The molecule has 0 spiro atoms. The summed E-state index contributed by atoms with van der Waals surface area (Å²) in [5.41, 5.74) is 1.61. The maximum absolute atomic E-state index is 12.6. The number of ketones is 1. The summed E-state index contributed by atoms with van der Waals surface area (Å²) >= 11 is 0. The Bertz CT molecular complexity index is 899. The van der Waals surface area contributed by atoms with E-state index in [-0.39, 0.29) is 28.6 Å². The summed E-state index contributed by atoms with van der Waals surface area (Å²) in [7, 11) is 0. The molecular weight excluding hydrogens is 328 g/mol. The fraction of sp³-hybridized carbons (Fsp3) is 0.136. The second-order valence-electron chi connectivity index (χ2n) is 6.03. The SMILES string of the molecule is CCCc1ccc(Oc2cc(O)cc(C(=O)c3ccccc3)c2O)cc1. The van der Waals surface area contributed by atoms with Gasteiger partial charge in [0, 0.05) is 11.6 Å². The molecular formula is C22H20O4. The quantitative estimate of drug-likeness (QED) is 0.482. The first-order chi connectivity index (χ1) is 12.6. The Hall–Kier alpha value is -3.27. The third-order valence-electron chi connectivity index (χ3n) is 4.03. The monoisotopic (exact) mass is 348 g/mol. The number of hydrogen-bond acceptors (Lipinski definition) is 4. The van der Waals surface area contributed by atoms with Crippen molar-refractivity contribution in [1.82, 2.24) is 0 Å². The van der Waals surface area contributed by atoms with Crippen LogP contribution in [0.15, 0.2) is 66.7 Å². The highest BCUT2D eigenvalue weighted by molar-refractivity contribution is 6.11. The van der Waals surface area contributed by atoms with Crippen LogP contribution >= 0.6 is 0 Å². The number of phenols is 2. The lowest BCUT2D eigenvalue weighted by molar-refractivity contribution is 0.103. The van der Waals surface area contributed by atoms with Gasteiger partial charge in [0.05, 0.1) is 5.56 Å². The Morgan fingerprint density at radius 2 is 1.65 bits per heavy atom. The number of aryl methyl sites for hydroxylation is 1. The second kappa shape index (κ2) is 7.74. The van der Waals surface area contributed by atoms with Crippen molar-refractivity contribution >= 4 is 5.78 Å². The van der Waals surface area contributed by atoms with Crippen molar-refractivity contribution in [2.75, 3.05) is 0 Å². The third-order valence-corrected chi connectivity index (χ3v) is 4.03. The highest BCUT2D eigenvalue weighted by atomic mass is 16.5. The fourth-order valence-electron chi connectivity index (χ4n) is 2.73. The van der Waals surface area contributed by atoms with Gasteiger partial charge in [0.1, 0.15) is 11.5 Å². The third kappa shape index (κ3) is 3.86. The van der Waals surface area contributed by atoms with Crippen molar-refractivity contribution in [3.8, 4) is 23.0 Å². The number of benzene rings is 3. The second-order valence-corrected chi connectivity index (χ2v) is 6.03. The van der Waals surface area contributed by atoms with E-state index in [9.17, 15) is 15.0 Å². The number of aromatic hydroxyl groups is 2. The van der Waals surface area contributed by atoms with E-state index in [1.165, 1.54) is 17.7 Å². The van der Waals surface area contributed by atoms with Crippen LogP contribution in [0, 0.1) is 0 Å². The van der Waals surface area contributed by atoms with Gasteiger partial charge in [-0.15, -0.1) is 0 Å². The average molecular weight is 348 g/mol. The van der Waals surface area contributed by atoms with E-state index in [1.54, 1.807) is 42.5 Å².